The Morgan fingerprint density at radius 1 is 0.935 bits per heavy atom. The Morgan fingerprint density at radius 2 is 1.65 bits per heavy atom. The summed E-state index contributed by atoms with van der Waals surface area (Å²) in [6, 6.07) is 7.60. The second-order valence-corrected chi connectivity index (χ2v) is 8.98. The number of carbonyl (C=O) groups is 2. The van der Waals surface area contributed by atoms with E-state index in [1.54, 1.807) is 0 Å². The number of rotatable bonds is 7. The van der Waals surface area contributed by atoms with Crippen molar-refractivity contribution in [2.24, 2.45) is 5.92 Å². The molecule has 0 unspecified atom stereocenters. The molecule has 2 fully saturated rings. The third-order valence-corrected chi connectivity index (χ3v) is 6.81. The molecule has 0 bridgehead atoms. The van der Waals surface area contributed by atoms with Crippen molar-refractivity contribution < 1.29 is 9.59 Å². The van der Waals surface area contributed by atoms with Crippen molar-refractivity contribution in [3.05, 3.63) is 35.4 Å². The highest BCUT2D eigenvalue weighted by atomic mass is 16.2. The van der Waals surface area contributed by atoms with Gasteiger partial charge < -0.3 is 20.0 Å². The molecule has 6 nitrogen and oxygen atoms in total. The van der Waals surface area contributed by atoms with Gasteiger partial charge in [-0.3, -0.25) is 4.79 Å². The molecule has 3 rings (SSSR count). The van der Waals surface area contributed by atoms with E-state index in [0.29, 0.717) is 25.2 Å². The predicted molar refractivity (Wildman–Crippen MR) is 125 cm³/mol. The van der Waals surface area contributed by atoms with Crippen molar-refractivity contribution in [2.45, 2.75) is 58.9 Å². The van der Waals surface area contributed by atoms with Crippen LogP contribution in [-0.4, -0.2) is 72.5 Å². The van der Waals surface area contributed by atoms with Gasteiger partial charge in [0.25, 0.3) is 5.91 Å². The molecule has 6 heteroatoms. The average molecular weight is 429 g/mol. The molecular weight excluding hydrogens is 388 g/mol. The molecule has 3 amide bonds. The van der Waals surface area contributed by atoms with E-state index in [0.717, 1.165) is 44.1 Å². The zero-order valence-electron chi connectivity index (χ0n) is 19.4. The van der Waals surface area contributed by atoms with Gasteiger partial charge in [-0.2, -0.15) is 0 Å². The van der Waals surface area contributed by atoms with Crippen molar-refractivity contribution in [1.29, 1.82) is 0 Å². The van der Waals surface area contributed by atoms with Crippen LogP contribution in [0, 0.1) is 5.92 Å². The number of carbonyl (C=O) groups excluding carboxylic acids is 2. The Labute approximate surface area is 188 Å². The first kappa shape index (κ1) is 23.6. The Kier molecular flexibility index (Phi) is 9.19. The summed E-state index contributed by atoms with van der Waals surface area (Å²) in [5.41, 5.74) is 1.71. The normalized spacial score (nSPS) is 18.5. The van der Waals surface area contributed by atoms with Crippen molar-refractivity contribution in [3.63, 3.8) is 0 Å². The van der Waals surface area contributed by atoms with E-state index >= 15 is 0 Å². The monoisotopic (exact) mass is 428 g/mol. The molecule has 0 radical (unpaired) electrons. The fourth-order valence-electron chi connectivity index (χ4n) is 4.84. The van der Waals surface area contributed by atoms with Crippen LogP contribution in [0.3, 0.4) is 0 Å². The highest BCUT2D eigenvalue weighted by molar-refractivity contribution is 5.94. The first-order valence-electron chi connectivity index (χ1n) is 12.2. The highest BCUT2D eigenvalue weighted by Crippen LogP contribution is 2.24. The van der Waals surface area contributed by atoms with Gasteiger partial charge in [0.05, 0.1) is 0 Å². The Morgan fingerprint density at radius 3 is 2.32 bits per heavy atom. The second-order valence-electron chi connectivity index (χ2n) is 8.98. The summed E-state index contributed by atoms with van der Waals surface area (Å²) in [5.74, 6) is 0.911. The number of amides is 3. The van der Waals surface area contributed by atoms with Crippen LogP contribution in [0.25, 0.3) is 0 Å². The van der Waals surface area contributed by atoms with Gasteiger partial charge in [-0.1, -0.05) is 31.4 Å². The van der Waals surface area contributed by atoms with Crippen LogP contribution in [0.2, 0.25) is 0 Å². The van der Waals surface area contributed by atoms with Crippen LogP contribution in [0.5, 0.6) is 0 Å². The summed E-state index contributed by atoms with van der Waals surface area (Å²) >= 11 is 0. The van der Waals surface area contributed by atoms with Crippen LogP contribution in [0.15, 0.2) is 24.3 Å². The molecule has 1 saturated heterocycles. The fourth-order valence-corrected chi connectivity index (χ4v) is 4.84. The fraction of sp³-hybridized carbons (Fsp3) is 0.680. The van der Waals surface area contributed by atoms with Crippen LogP contribution < -0.4 is 5.32 Å². The van der Waals surface area contributed by atoms with E-state index in [-0.39, 0.29) is 11.9 Å². The molecule has 31 heavy (non-hydrogen) atoms. The number of hydrogen-bond acceptors (Lipinski definition) is 3. The smallest absolute Gasteiger partial charge is 0.317 e. The highest BCUT2D eigenvalue weighted by Gasteiger charge is 2.22. The molecular formula is C25H40N4O2. The van der Waals surface area contributed by atoms with Gasteiger partial charge in [0.1, 0.15) is 0 Å². The van der Waals surface area contributed by atoms with Gasteiger partial charge in [-0.25, -0.2) is 4.79 Å². The maximum Gasteiger partial charge on any atom is 0.317 e. The summed E-state index contributed by atoms with van der Waals surface area (Å²) in [4.78, 5) is 31.5. The molecule has 1 aromatic carbocycles. The van der Waals surface area contributed by atoms with Crippen LogP contribution in [-0.2, 0) is 6.54 Å². The maximum absolute atomic E-state index is 12.7. The van der Waals surface area contributed by atoms with Gasteiger partial charge in [-0.05, 0) is 63.3 Å². The average Bonchev–Trinajstić information content (AvgIpc) is 3.05. The first-order chi connectivity index (χ1) is 15.1. The third kappa shape index (κ3) is 6.96. The Hall–Kier alpha value is -2.08. The Bertz CT molecular complexity index is 696. The number of hydrogen-bond donors (Lipinski definition) is 1. The largest absolute Gasteiger partial charge is 0.339 e. The van der Waals surface area contributed by atoms with Crippen LogP contribution >= 0.6 is 0 Å². The summed E-state index contributed by atoms with van der Waals surface area (Å²) in [6.45, 7) is 10.8. The van der Waals surface area contributed by atoms with Crippen molar-refractivity contribution in [2.75, 3.05) is 45.8 Å². The van der Waals surface area contributed by atoms with E-state index in [4.69, 9.17) is 0 Å². The molecule has 1 aromatic rings. The molecule has 1 aliphatic heterocycles. The molecule has 0 aromatic heterocycles. The van der Waals surface area contributed by atoms with Crippen LogP contribution in [0.1, 0.15) is 68.3 Å². The minimum Gasteiger partial charge on any atom is -0.339 e. The molecule has 0 atom stereocenters. The van der Waals surface area contributed by atoms with E-state index < -0.39 is 0 Å². The SMILES string of the molecule is CCN(CC)C(=O)c1ccc(CNC(=O)N2CCCN(CC3CCCCC3)CC2)cc1. The molecule has 0 spiro atoms. The van der Waals surface area contributed by atoms with Crippen molar-refractivity contribution >= 4 is 11.9 Å². The molecule has 2 aliphatic rings. The van der Waals surface area contributed by atoms with E-state index in [1.165, 1.54) is 38.6 Å². The van der Waals surface area contributed by atoms with Crippen LogP contribution in [0.4, 0.5) is 4.79 Å². The minimum absolute atomic E-state index is 0.0165. The molecule has 1 saturated carbocycles. The molecule has 1 heterocycles. The van der Waals surface area contributed by atoms with Crippen molar-refractivity contribution in [3.8, 4) is 0 Å². The number of urea groups is 1. The zero-order valence-corrected chi connectivity index (χ0v) is 19.4. The predicted octanol–water partition coefficient (Wildman–Crippen LogP) is 3.97. The molecule has 1 aliphatic carbocycles. The van der Waals surface area contributed by atoms with Crippen molar-refractivity contribution in [1.82, 2.24) is 20.0 Å². The summed E-state index contributed by atoms with van der Waals surface area (Å²) < 4.78 is 0. The lowest BCUT2D eigenvalue weighted by Crippen LogP contribution is -2.42. The van der Waals surface area contributed by atoms with Gasteiger partial charge in [0.15, 0.2) is 0 Å². The van der Waals surface area contributed by atoms with E-state index in [9.17, 15) is 9.59 Å². The van der Waals surface area contributed by atoms with E-state index in [2.05, 4.69) is 10.2 Å². The summed E-state index contributed by atoms with van der Waals surface area (Å²) in [7, 11) is 0. The maximum atomic E-state index is 12.7. The lowest BCUT2D eigenvalue weighted by Gasteiger charge is -2.28. The Balaban J connectivity index is 1.43. The summed E-state index contributed by atoms with van der Waals surface area (Å²) in [6.07, 6.45) is 7.97. The molecule has 1 N–H and O–H groups in total. The van der Waals surface area contributed by atoms with E-state index in [1.807, 2.05) is 47.9 Å². The topological polar surface area (TPSA) is 55.9 Å². The minimum atomic E-state index is 0.0165. The summed E-state index contributed by atoms with van der Waals surface area (Å²) in [5, 5.41) is 3.06. The number of benzene rings is 1. The second kappa shape index (κ2) is 12.1. The molecule has 172 valence electrons. The first-order valence-corrected chi connectivity index (χ1v) is 12.2. The lowest BCUT2D eigenvalue weighted by molar-refractivity contribution is 0.0773. The van der Waals surface area contributed by atoms with Gasteiger partial charge in [0, 0.05) is 51.4 Å². The van der Waals surface area contributed by atoms with Gasteiger partial charge in [0.2, 0.25) is 0 Å². The third-order valence-electron chi connectivity index (χ3n) is 6.81. The number of nitrogens with one attached hydrogen (secondary N) is 1. The van der Waals surface area contributed by atoms with Gasteiger partial charge >= 0.3 is 6.03 Å². The lowest BCUT2D eigenvalue weighted by atomic mass is 9.89. The number of nitrogens with zero attached hydrogens (tertiary/aromatic N) is 3. The standard InChI is InChI=1S/C25H40N4O2/c1-3-28(4-2)24(30)23-13-11-21(12-14-23)19-26-25(31)29-16-8-15-27(17-18-29)20-22-9-6-5-7-10-22/h11-14,22H,3-10,15-20H2,1-2H3,(H,26,31). The zero-order chi connectivity index (χ0) is 22.1. The van der Waals surface area contributed by atoms with Gasteiger partial charge in [-0.15, -0.1) is 0 Å². The quantitative estimate of drug-likeness (QED) is 0.715.